The second-order valence-electron chi connectivity index (χ2n) is 8.25. The third kappa shape index (κ3) is 8.60. The van der Waals surface area contributed by atoms with Gasteiger partial charge >= 0.3 is 12.1 Å². The van der Waals surface area contributed by atoms with Crippen molar-refractivity contribution >= 4 is 29.8 Å². The van der Waals surface area contributed by atoms with Crippen molar-refractivity contribution in [2.75, 3.05) is 20.2 Å². The second-order valence-corrected chi connectivity index (χ2v) is 8.25. The number of benzene rings is 1. The van der Waals surface area contributed by atoms with Crippen LogP contribution in [0.4, 0.5) is 4.79 Å². The molecule has 0 spiro atoms. The zero-order chi connectivity index (χ0) is 26.1. The number of ether oxygens (including phenoxy) is 2. The van der Waals surface area contributed by atoms with Gasteiger partial charge in [0.15, 0.2) is 0 Å². The Labute approximate surface area is 197 Å². The molecule has 1 aromatic carbocycles. The molecule has 1 aromatic rings. The van der Waals surface area contributed by atoms with E-state index in [4.69, 9.17) is 10.5 Å². The van der Waals surface area contributed by atoms with E-state index in [1.807, 2.05) is 0 Å². The lowest BCUT2D eigenvalue weighted by atomic mass is 10.0. The quantitative estimate of drug-likeness (QED) is 0.346. The lowest BCUT2D eigenvalue weighted by Crippen LogP contribution is -2.54. The summed E-state index contributed by atoms with van der Waals surface area (Å²) in [6, 6.07) is 2.98. The predicted octanol–water partition coefficient (Wildman–Crippen LogP) is 0.340. The number of esters is 1. The molecule has 34 heavy (non-hydrogen) atoms. The van der Waals surface area contributed by atoms with E-state index in [0.29, 0.717) is 0 Å². The molecule has 0 aliphatic heterocycles. The molecule has 0 heterocycles. The zero-order valence-corrected chi connectivity index (χ0v) is 19.9. The van der Waals surface area contributed by atoms with E-state index in [2.05, 4.69) is 15.4 Å². The van der Waals surface area contributed by atoms with E-state index in [1.54, 1.807) is 33.8 Å². The van der Waals surface area contributed by atoms with Crippen LogP contribution in [-0.4, -0.2) is 71.6 Å². The number of nitrogens with zero attached hydrogens (tertiary/aromatic N) is 1. The molecule has 0 bridgehead atoms. The fourth-order valence-electron chi connectivity index (χ4n) is 3.01. The number of carbonyl (C=O) groups is 5. The maximum absolute atomic E-state index is 13.4. The van der Waals surface area contributed by atoms with Crippen molar-refractivity contribution in [2.24, 2.45) is 5.73 Å². The van der Waals surface area contributed by atoms with Gasteiger partial charge in [0.25, 0.3) is 0 Å². The number of hydrogen-bond acceptors (Lipinski definition) is 8. The van der Waals surface area contributed by atoms with Crippen LogP contribution in [0.5, 0.6) is 5.75 Å². The fourth-order valence-corrected chi connectivity index (χ4v) is 3.01. The number of amides is 4. The molecule has 4 amide bonds. The summed E-state index contributed by atoms with van der Waals surface area (Å²) in [7, 11) is 1.15. The van der Waals surface area contributed by atoms with Gasteiger partial charge < -0.3 is 35.8 Å². The van der Waals surface area contributed by atoms with Gasteiger partial charge in [-0.2, -0.15) is 0 Å². The molecule has 5 N–H and O–H groups in total. The third-order valence-corrected chi connectivity index (χ3v) is 4.44. The van der Waals surface area contributed by atoms with Crippen molar-refractivity contribution in [3.8, 4) is 5.75 Å². The van der Waals surface area contributed by atoms with Crippen LogP contribution in [0.2, 0.25) is 0 Å². The Morgan fingerprint density at radius 2 is 1.76 bits per heavy atom. The maximum atomic E-state index is 13.4. The minimum Gasteiger partial charge on any atom is -0.508 e. The first-order chi connectivity index (χ1) is 15.8. The van der Waals surface area contributed by atoms with E-state index in [-0.39, 0.29) is 17.9 Å². The van der Waals surface area contributed by atoms with Crippen LogP contribution in [0, 0.1) is 0 Å². The highest BCUT2D eigenvalue weighted by Crippen LogP contribution is 2.29. The number of likely N-dealkylation sites (N-methyl/N-ethyl adjacent to an activating group) is 1. The molecule has 0 saturated heterocycles. The number of alkyl carbamates (subject to hydrolysis) is 1. The molecule has 0 saturated carbocycles. The summed E-state index contributed by atoms with van der Waals surface area (Å²) in [5.41, 5.74) is 4.46. The summed E-state index contributed by atoms with van der Waals surface area (Å²) < 4.78 is 9.67. The lowest BCUT2D eigenvalue weighted by Gasteiger charge is -2.33. The Kier molecular flexibility index (Phi) is 10.3. The molecule has 2 atom stereocenters. The highest BCUT2D eigenvalue weighted by molar-refractivity contribution is 5.95. The number of phenols is 1. The van der Waals surface area contributed by atoms with Crippen molar-refractivity contribution < 1.29 is 38.6 Å². The second kappa shape index (κ2) is 12.4. The maximum Gasteiger partial charge on any atom is 0.408 e. The van der Waals surface area contributed by atoms with E-state index in [9.17, 15) is 29.1 Å². The first kappa shape index (κ1) is 28.2. The van der Waals surface area contributed by atoms with Crippen molar-refractivity contribution in [3.63, 3.8) is 0 Å². The van der Waals surface area contributed by atoms with E-state index < -0.39 is 60.4 Å². The van der Waals surface area contributed by atoms with E-state index in [0.717, 1.165) is 12.0 Å². The first-order valence-corrected chi connectivity index (χ1v) is 10.5. The van der Waals surface area contributed by atoms with Crippen LogP contribution >= 0.6 is 0 Å². The first-order valence-electron chi connectivity index (χ1n) is 10.5. The summed E-state index contributed by atoms with van der Waals surface area (Å²) in [5.74, 6) is -3.50. The summed E-state index contributed by atoms with van der Waals surface area (Å²) in [6.07, 6.45) is -1.52. The number of rotatable bonds is 10. The van der Waals surface area contributed by atoms with Crippen LogP contribution in [0.15, 0.2) is 24.3 Å². The molecule has 0 fully saturated rings. The number of primary amides is 1. The number of nitrogens with two attached hydrogens (primary N) is 1. The standard InChI is InChI=1S/C22H32N4O8/c1-6-26(20(31)14(11-16(23)28)25-21(32)34-22(2,3)4)18(13-9-7-8-10-15(13)27)19(30)24-12-17(29)33-5/h7-10,14,18,27H,6,11-12H2,1-5H3,(H2,23,28)(H,24,30)(H,25,32). The molecule has 188 valence electrons. The Morgan fingerprint density at radius 3 is 2.26 bits per heavy atom. The summed E-state index contributed by atoms with van der Waals surface area (Å²) >= 11 is 0. The van der Waals surface area contributed by atoms with Gasteiger partial charge in [-0.15, -0.1) is 0 Å². The number of para-hydroxylation sites is 1. The SMILES string of the molecule is CCN(C(=O)C(CC(N)=O)NC(=O)OC(C)(C)C)C(C(=O)NCC(=O)OC)c1ccccc1O. The van der Waals surface area contributed by atoms with Crippen molar-refractivity contribution in [1.29, 1.82) is 0 Å². The largest absolute Gasteiger partial charge is 0.508 e. The topological polar surface area (TPSA) is 177 Å². The number of nitrogens with one attached hydrogen (secondary N) is 2. The zero-order valence-electron chi connectivity index (χ0n) is 19.9. The number of hydrogen-bond donors (Lipinski definition) is 4. The number of carbonyl (C=O) groups excluding carboxylic acids is 5. The van der Waals surface area contributed by atoms with Gasteiger partial charge in [-0.05, 0) is 33.8 Å². The molecule has 0 aliphatic rings. The van der Waals surface area contributed by atoms with Crippen LogP contribution < -0.4 is 16.4 Å². The number of phenolic OH excluding ortho intramolecular Hbond substituents is 1. The molecule has 12 nitrogen and oxygen atoms in total. The van der Waals surface area contributed by atoms with E-state index >= 15 is 0 Å². The Balaban J connectivity index is 3.36. The van der Waals surface area contributed by atoms with Gasteiger partial charge in [0.05, 0.1) is 13.5 Å². The van der Waals surface area contributed by atoms with Crippen LogP contribution in [0.25, 0.3) is 0 Å². The van der Waals surface area contributed by atoms with Crippen molar-refractivity contribution in [2.45, 2.75) is 51.8 Å². The van der Waals surface area contributed by atoms with Gasteiger partial charge in [0.1, 0.15) is 30.0 Å². The van der Waals surface area contributed by atoms with Crippen LogP contribution in [0.1, 0.15) is 45.7 Å². The third-order valence-electron chi connectivity index (χ3n) is 4.44. The number of aromatic hydroxyl groups is 1. The Morgan fingerprint density at radius 1 is 1.15 bits per heavy atom. The van der Waals surface area contributed by atoms with Crippen molar-refractivity contribution in [3.05, 3.63) is 29.8 Å². The molecule has 1 rings (SSSR count). The summed E-state index contributed by atoms with van der Waals surface area (Å²) in [4.78, 5) is 62.9. The Hall–Kier alpha value is -3.83. The van der Waals surface area contributed by atoms with Gasteiger partial charge in [0.2, 0.25) is 17.7 Å². The lowest BCUT2D eigenvalue weighted by molar-refractivity contribution is -0.145. The van der Waals surface area contributed by atoms with Crippen molar-refractivity contribution in [1.82, 2.24) is 15.5 Å². The average molecular weight is 481 g/mol. The smallest absolute Gasteiger partial charge is 0.408 e. The van der Waals surface area contributed by atoms with Gasteiger partial charge in [0, 0.05) is 12.1 Å². The molecule has 12 heteroatoms. The number of methoxy groups -OCH3 is 1. The normalized spacial score (nSPS) is 12.6. The molecule has 0 aromatic heterocycles. The molecule has 0 radical (unpaired) electrons. The highest BCUT2D eigenvalue weighted by Gasteiger charge is 2.37. The van der Waals surface area contributed by atoms with Gasteiger partial charge in [-0.25, -0.2) is 4.79 Å². The summed E-state index contributed by atoms with van der Waals surface area (Å²) in [6.45, 7) is 5.88. The minimum atomic E-state index is -1.45. The van der Waals surface area contributed by atoms with Crippen LogP contribution in [0.3, 0.4) is 0 Å². The molecular weight excluding hydrogens is 448 g/mol. The Bertz CT molecular complexity index is 912. The van der Waals surface area contributed by atoms with Gasteiger partial charge in [-0.1, -0.05) is 18.2 Å². The van der Waals surface area contributed by atoms with Gasteiger partial charge in [-0.3, -0.25) is 19.2 Å². The average Bonchev–Trinajstić information content (AvgIpc) is 2.73. The molecular formula is C22H32N4O8. The molecule has 2 unspecified atom stereocenters. The highest BCUT2D eigenvalue weighted by atomic mass is 16.6. The monoisotopic (exact) mass is 480 g/mol. The molecule has 0 aliphatic carbocycles. The van der Waals surface area contributed by atoms with E-state index in [1.165, 1.54) is 18.2 Å². The minimum absolute atomic E-state index is 0.0608. The fraction of sp³-hybridized carbons (Fsp3) is 0.500. The predicted molar refractivity (Wildman–Crippen MR) is 120 cm³/mol. The van der Waals surface area contributed by atoms with Crippen LogP contribution in [-0.2, 0) is 28.7 Å². The summed E-state index contributed by atoms with van der Waals surface area (Å²) in [5, 5.41) is 15.0.